The molecule has 2 aromatic carbocycles. The Morgan fingerprint density at radius 1 is 1.12 bits per heavy atom. The number of halogens is 1. The minimum absolute atomic E-state index is 0.130. The summed E-state index contributed by atoms with van der Waals surface area (Å²) in [6, 6.07) is 15.7. The topological polar surface area (TPSA) is 23.6 Å². The Morgan fingerprint density at radius 3 is 2.60 bits per heavy atom. The van der Waals surface area contributed by atoms with E-state index < -0.39 is 0 Å². The van der Waals surface area contributed by atoms with Crippen molar-refractivity contribution in [1.82, 2.24) is 4.90 Å². The molecule has 0 spiro atoms. The van der Waals surface area contributed by atoms with E-state index >= 15 is 0 Å². The van der Waals surface area contributed by atoms with Gasteiger partial charge in [0.2, 0.25) is 5.91 Å². The van der Waals surface area contributed by atoms with Crippen LogP contribution in [0.25, 0.3) is 0 Å². The Bertz CT molecular complexity index is 773. The number of carbonyl (C=O) groups excluding carboxylic acids is 1. The maximum Gasteiger partial charge on any atom is 0.224 e. The van der Waals surface area contributed by atoms with Crippen molar-refractivity contribution >= 4 is 11.6 Å². The maximum absolute atomic E-state index is 13.9. The van der Waals surface area contributed by atoms with Crippen molar-refractivity contribution in [3.63, 3.8) is 0 Å². The van der Waals surface area contributed by atoms with Gasteiger partial charge in [-0.25, -0.2) is 4.39 Å². The van der Waals surface area contributed by atoms with Crippen molar-refractivity contribution in [1.29, 1.82) is 0 Å². The van der Waals surface area contributed by atoms with Crippen molar-refractivity contribution < 1.29 is 9.18 Å². The average molecular weight is 338 g/mol. The fraction of sp³-hybridized carbons (Fsp3) is 0.381. The second-order valence-corrected chi connectivity index (χ2v) is 7.06. The van der Waals surface area contributed by atoms with Crippen LogP contribution in [0.4, 0.5) is 10.1 Å². The van der Waals surface area contributed by atoms with E-state index in [0.29, 0.717) is 25.6 Å². The van der Waals surface area contributed by atoms with Gasteiger partial charge in [-0.05, 0) is 49.1 Å². The van der Waals surface area contributed by atoms with Crippen LogP contribution < -0.4 is 4.90 Å². The molecule has 2 aromatic rings. The van der Waals surface area contributed by atoms with E-state index in [2.05, 4.69) is 24.0 Å². The summed E-state index contributed by atoms with van der Waals surface area (Å²) >= 11 is 0. The predicted octanol–water partition coefficient (Wildman–Crippen LogP) is 4.29. The van der Waals surface area contributed by atoms with E-state index in [9.17, 15) is 9.18 Å². The van der Waals surface area contributed by atoms with Crippen LogP contribution in [0.2, 0.25) is 0 Å². The summed E-state index contributed by atoms with van der Waals surface area (Å²) in [7, 11) is 0. The monoisotopic (exact) mass is 338 g/mol. The van der Waals surface area contributed by atoms with Crippen molar-refractivity contribution in [2.45, 2.75) is 44.8 Å². The van der Waals surface area contributed by atoms with Gasteiger partial charge in [0.25, 0.3) is 0 Å². The van der Waals surface area contributed by atoms with Gasteiger partial charge < -0.3 is 9.80 Å². The molecule has 130 valence electrons. The highest BCUT2D eigenvalue weighted by Crippen LogP contribution is 2.36. The molecule has 0 saturated heterocycles. The first-order valence-corrected chi connectivity index (χ1v) is 9.03. The molecule has 1 fully saturated rings. The lowest BCUT2D eigenvalue weighted by Crippen LogP contribution is -2.40. The zero-order chi connectivity index (χ0) is 17.4. The van der Waals surface area contributed by atoms with Gasteiger partial charge in [0.1, 0.15) is 5.82 Å². The van der Waals surface area contributed by atoms with Crippen LogP contribution in [0.3, 0.4) is 0 Å². The average Bonchev–Trinajstić information content (AvgIpc) is 3.45. The Morgan fingerprint density at radius 2 is 1.88 bits per heavy atom. The van der Waals surface area contributed by atoms with Gasteiger partial charge in [-0.1, -0.05) is 30.3 Å². The summed E-state index contributed by atoms with van der Waals surface area (Å²) in [5, 5.41) is 0. The molecule has 4 heteroatoms. The lowest BCUT2D eigenvalue weighted by atomic mass is 10.0. The number of carbonyl (C=O) groups is 1. The van der Waals surface area contributed by atoms with Crippen molar-refractivity contribution in [3.8, 4) is 0 Å². The molecule has 1 unspecified atom stereocenters. The molecule has 25 heavy (non-hydrogen) atoms. The van der Waals surface area contributed by atoms with Crippen molar-refractivity contribution in [2.24, 2.45) is 0 Å². The highest BCUT2D eigenvalue weighted by molar-refractivity contribution is 5.78. The van der Waals surface area contributed by atoms with E-state index in [0.717, 1.165) is 24.1 Å². The third kappa shape index (κ3) is 3.26. The first-order chi connectivity index (χ1) is 12.1. The zero-order valence-electron chi connectivity index (χ0n) is 14.5. The molecule has 1 saturated carbocycles. The Hall–Kier alpha value is -2.36. The molecule has 1 atom stereocenters. The number of rotatable bonds is 3. The number of anilines is 1. The summed E-state index contributed by atoms with van der Waals surface area (Å²) in [5.41, 5.74) is 3.14. The van der Waals surface area contributed by atoms with Crippen molar-refractivity contribution in [2.75, 3.05) is 11.4 Å². The van der Waals surface area contributed by atoms with Crippen LogP contribution in [0, 0.1) is 5.82 Å². The minimum atomic E-state index is -0.241. The fourth-order valence-electron chi connectivity index (χ4n) is 3.75. The van der Waals surface area contributed by atoms with Crippen LogP contribution in [0.5, 0.6) is 0 Å². The normalized spacial score (nSPS) is 19.2. The highest BCUT2D eigenvalue weighted by atomic mass is 19.1. The first-order valence-electron chi connectivity index (χ1n) is 9.03. The molecule has 0 aromatic heterocycles. The smallest absolute Gasteiger partial charge is 0.224 e. The largest absolute Gasteiger partial charge is 0.364 e. The minimum Gasteiger partial charge on any atom is -0.364 e. The molecule has 1 heterocycles. The van der Waals surface area contributed by atoms with E-state index in [1.54, 1.807) is 6.07 Å². The number of nitrogens with zero attached hydrogens (tertiary/aromatic N) is 2. The lowest BCUT2D eigenvalue weighted by Gasteiger charge is -2.37. The number of fused-ring (bicyclic) bond motifs is 1. The standard InChI is InChI=1S/C21H23FN2O/c1-15(16-5-3-2-4-6-16)23-12-11-21(25)24(19-8-9-19)14-17-13-18(22)7-10-20(17)23/h2-7,10,13,15,19H,8-9,11-12,14H2,1H3. The van der Waals surface area contributed by atoms with Crippen LogP contribution >= 0.6 is 0 Å². The van der Waals surface area contributed by atoms with Gasteiger partial charge in [-0.2, -0.15) is 0 Å². The number of benzene rings is 2. The Balaban J connectivity index is 1.72. The number of hydrogen-bond acceptors (Lipinski definition) is 2. The van der Waals surface area contributed by atoms with Gasteiger partial charge in [0, 0.05) is 31.2 Å². The molecule has 2 aliphatic rings. The maximum atomic E-state index is 13.9. The SMILES string of the molecule is CC(c1ccccc1)N1CCC(=O)N(C2CC2)Cc2cc(F)ccc21. The molecule has 0 radical (unpaired) electrons. The molecule has 1 amide bonds. The number of amides is 1. The van der Waals surface area contributed by atoms with Gasteiger partial charge in [-0.3, -0.25) is 4.79 Å². The summed E-state index contributed by atoms with van der Waals surface area (Å²) in [6.07, 6.45) is 2.64. The Labute approximate surface area is 148 Å². The summed E-state index contributed by atoms with van der Waals surface area (Å²) in [4.78, 5) is 16.8. The third-order valence-corrected chi connectivity index (χ3v) is 5.32. The molecule has 0 bridgehead atoms. The van der Waals surface area contributed by atoms with E-state index in [-0.39, 0.29) is 17.8 Å². The molecule has 4 rings (SSSR count). The fourth-order valence-corrected chi connectivity index (χ4v) is 3.75. The molecule has 1 aliphatic heterocycles. The second-order valence-electron chi connectivity index (χ2n) is 7.06. The summed E-state index contributed by atoms with van der Waals surface area (Å²) in [5.74, 6) is -0.0579. The van der Waals surface area contributed by atoms with E-state index in [1.165, 1.54) is 11.6 Å². The lowest BCUT2D eigenvalue weighted by molar-refractivity contribution is -0.132. The zero-order valence-corrected chi connectivity index (χ0v) is 14.5. The van der Waals surface area contributed by atoms with Crippen molar-refractivity contribution in [3.05, 3.63) is 65.5 Å². The summed E-state index contributed by atoms with van der Waals surface area (Å²) in [6.45, 7) is 3.30. The third-order valence-electron chi connectivity index (χ3n) is 5.32. The van der Waals surface area contributed by atoms with Gasteiger partial charge in [-0.15, -0.1) is 0 Å². The van der Waals surface area contributed by atoms with Crippen LogP contribution in [0.15, 0.2) is 48.5 Å². The van der Waals surface area contributed by atoms with Gasteiger partial charge >= 0.3 is 0 Å². The number of hydrogen-bond donors (Lipinski definition) is 0. The quantitative estimate of drug-likeness (QED) is 0.833. The second kappa shape index (κ2) is 6.51. The molecule has 3 nitrogen and oxygen atoms in total. The van der Waals surface area contributed by atoms with Gasteiger partial charge in [0.05, 0.1) is 6.04 Å². The van der Waals surface area contributed by atoms with Crippen LogP contribution in [-0.4, -0.2) is 23.4 Å². The van der Waals surface area contributed by atoms with E-state index in [1.807, 2.05) is 29.2 Å². The van der Waals surface area contributed by atoms with Crippen LogP contribution in [-0.2, 0) is 11.3 Å². The molecule has 1 aliphatic carbocycles. The summed E-state index contributed by atoms with van der Waals surface area (Å²) < 4.78 is 13.9. The predicted molar refractivity (Wildman–Crippen MR) is 96.8 cm³/mol. The highest BCUT2D eigenvalue weighted by Gasteiger charge is 2.35. The molecular weight excluding hydrogens is 315 g/mol. The van der Waals surface area contributed by atoms with E-state index in [4.69, 9.17) is 0 Å². The van der Waals surface area contributed by atoms with Gasteiger partial charge in [0.15, 0.2) is 0 Å². The first kappa shape index (κ1) is 16.1. The molecule has 0 N–H and O–H groups in total. The van der Waals surface area contributed by atoms with Crippen LogP contribution in [0.1, 0.15) is 43.4 Å². The molecular formula is C21H23FN2O. The Kier molecular flexibility index (Phi) is 4.20.